The van der Waals surface area contributed by atoms with Gasteiger partial charge in [-0.2, -0.15) is 0 Å². The van der Waals surface area contributed by atoms with E-state index in [1.807, 2.05) is 12.1 Å². The molecule has 1 amide bonds. The number of rotatable bonds is 9. The fourth-order valence-corrected chi connectivity index (χ4v) is 3.49. The first-order valence-electron chi connectivity index (χ1n) is 9.71. The minimum atomic E-state index is -0.0296. The topological polar surface area (TPSA) is 66.0 Å². The number of halogens is 1. The van der Waals surface area contributed by atoms with Crippen molar-refractivity contribution in [3.63, 3.8) is 0 Å². The Labute approximate surface area is 201 Å². The number of benzene rings is 1. The number of carbonyl (C=O) groups excluding carboxylic acids is 1. The number of amides is 1. The zero-order valence-electron chi connectivity index (χ0n) is 18.4. The number of nitrogens with one attached hydrogen (secondary N) is 2. The lowest BCUT2D eigenvalue weighted by molar-refractivity contribution is -0.127. The van der Waals surface area contributed by atoms with Crippen molar-refractivity contribution >= 4 is 47.2 Å². The Hall–Kier alpha value is -1.81. The van der Waals surface area contributed by atoms with E-state index >= 15 is 0 Å². The average Bonchev–Trinajstić information content (AvgIpc) is 3.25. The first kappa shape index (κ1) is 26.2. The summed E-state index contributed by atoms with van der Waals surface area (Å²) in [4.78, 5) is 19.3. The summed E-state index contributed by atoms with van der Waals surface area (Å²) in [5.74, 6) is 1.47. The molecule has 0 aliphatic rings. The van der Waals surface area contributed by atoms with Crippen LogP contribution in [0.5, 0.6) is 5.75 Å². The Balaban J connectivity index is 0.00000450. The van der Waals surface area contributed by atoms with E-state index in [0.717, 1.165) is 18.7 Å². The molecule has 0 radical (unpaired) electrons. The number of ether oxygens (including phenoxy) is 1. The third-order valence-electron chi connectivity index (χ3n) is 4.62. The summed E-state index contributed by atoms with van der Waals surface area (Å²) in [5.41, 5.74) is 1.18. The molecule has 2 rings (SSSR count). The Kier molecular flexibility index (Phi) is 11.2. The number of methoxy groups -OCH3 is 1. The van der Waals surface area contributed by atoms with Gasteiger partial charge in [0.15, 0.2) is 5.96 Å². The monoisotopic (exact) mass is 544 g/mol. The summed E-state index contributed by atoms with van der Waals surface area (Å²) >= 11 is 1.75. The number of guanidine groups is 1. The van der Waals surface area contributed by atoms with E-state index in [1.165, 1.54) is 10.4 Å². The Morgan fingerprint density at radius 1 is 1.17 bits per heavy atom. The number of hydrogen-bond donors (Lipinski definition) is 2. The zero-order valence-corrected chi connectivity index (χ0v) is 21.5. The van der Waals surface area contributed by atoms with Gasteiger partial charge in [0.2, 0.25) is 5.91 Å². The van der Waals surface area contributed by atoms with Gasteiger partial charge in [-0.25, -0.2) is 4.99 Å². The van der Waals surface area contributed by atoms with Crippen molar-refractivity contribution in [1.29, 1.82) is 0 Å². The van der Waals surface area contributed by atoms with Crippen LogP contribution in [0.1, 0.15) is 24.3 Å². The highest BCUT2D eigenvalue weighted by Crippen LogP contribution is 2.26. The fraction of sp³-hybridized carbons (Fsp3) is 0.455. The number of likely N-dealkylation sites (N-methyl/N-ethyl adjacent to an activating group) is 1. The molecule has 0 saturated heterocycles. The van der Waals surface area contributed by atoms with E-state index in [4.69, 9.17) is 4.74 Å². The summed E-state index contributed by atoms with van der Waals surface area (Å²) in [7, 11) is 5.14. The standard InChI is InChI=1S/C22H32N4O2S.HI/c1-22(2,19-7-6-14-29-19)16-25-21(24-15-20(27)26(3)4)23-13-12-17-8-10-18(28-5)11-9-17;/h6-11,14H,12-13,15-16H2,1-5H3,(H2,23,24,25);1H. The summed E-state index contributed by atoms with van der Waals surface area (Å²) in [5, 5.41) is 8.84. The van der Waals surface area contributed by atoms with Crippen molar-refractivity contribution in [3.8, 4) is 5.75 Å². The smallest absolute Gasteiger partial charge is 0.243 e. The third kappa shape index (κ3) is 8.51. The number of nitrogens with zero attached hydrogens (tertiary/aromatic N) is 2. The molecule has 166 valence electrons. The maximum atomic E-state index is 11.9. The number of aliphatic imine (C=N–C) groups is 1. The van der Waals surface area contributed by atoms with Gasteiger partial charge in [-0.3, -0.25) is 4.79 Å². The van der Waals surface area contributed by atoms with Crippen LogP contribution in [-0.4, -0.2) is 57.6 Å². The van der Waals surface area contributed by atoms with Crippen LogP contribution in [0.15, 0.2) is 46.8 Å². The first-order valence-corrected chi connectivity index (χ1v) is 10.6. The molecule has 0 spiro atoms. The highest BCUT2D eigenvalue weighted by molar-refractivity contribution is 14.0. The summed E-state index contributed by atoms with van der Waals surface area (Å²) in [6.07, 6.45) is 0.848. The van der Waals surface area contributed by atoms with Gasteiger partial charge in [0.25, 0.3) is 0 Å². The normalized spacial score (nSPS) is 11.4. The van der Waals surface area contributed by atoms with Crippen LogP contribution in [0.3, 0.4) is 0 Å². The molecule has 2 N–H and O–H groups in total. The number of hydrogen-bond acceptors (Lipinski definition) is 4. The van der Waals surface area contributed by atoms with E-state index in [1.54, 1.807) is 37.4 Å². The van der Waals surface area contributed by atoms with E-state index in [0.29, 0.717) is 12.5 Å². The van der Waals surface area contributed by atoms with Crippen molar-refractivity contribution in [2.75, 3.05) is 40.8 Å². The summed E-state index contributed by atoms with van der Waals surface area (Å²) in [6.45, 7) is 5.95. The molecule has 0 unspecified atom stereocenters. The molecule has 0 aliphatic carbocycles. The Bertz CT molecular complexity index is 790. The van der Waals surface area contributed by atoms with Crippen LogP contribution in [0.4, 0.5) is 0 Å². The average molecular weight is 545 g/mol. The van der Waals surface area contributed by atoms with E-state index < -0.39 is 0 Å². The Morgan fingerprint density at radius 2 is 1.87 bits per heavy atom. The molecule has 1 heterocycles. The second kappa shape index (κ2) is 12.8. The van der Waals surface area contributed by atoms with E-state index in [9.17, 15) is 4.79 Å². The molecule has 6 nitrogen and oxygen atoms in total. The second-order valence-electron chi connectivity index (χ2n) is 7.69. The Morgan fingerprint density at radius 3 is 2.43 bits per heavy atom. The van der Waals surface area contributed by atoms with Gasteiger partial charge < -0.3 is 20.3 Å². The largest absolute Gasteiger partial charge is 0.497 e. The minimum absolute atomic E-state index is 0. The maximum absolute atomic E-state index is 11.9. The number of carbonyl (C=O) groups is 1. The predicted molar refractivity (Wildman–Crippen MR) is 136 cm³/mol. The predicted octanol–water partition coefficient (Wildman–Crippen LogP) is 3.52. The molecule has 0 atom stereocenters. The molecule has 0 saturated carbocycles. The van der Waals surface area contributed by atoms with Gasteiger partial charge in [-0.1, -0.05) is 32.0 Å². The SMILES string of the molecule is COc1ccc(CCNC(=NCC(=O)N(C)C)NCC(C)(C)c2cccs2)cc1.I. The van der Waals surface area contributed by atoms with Gasteiger partial charge >= 0.3 is 0 Å². The highest BCUT2D eigenvalue weighted by atomic mass is 127. The van der Waals surface area contributed by atoms with Crippen LogP contribution in [-0.2, 0) is 16.6 Å². The summed E-state index contributed by atoms with van der Waals surface area (Å²) < 4.78 is 5.20. The molecule has 30 heavy (non-hydrogen) atoms. The van der Waals surface area contributed by atoms with Crippen molar-refractivity contribution in [2.45, 2.75) is 25.7 Å². The lowest BCUT2D eigenvalue weighted by Gasteiger charge is -2.25. The van der Waals surface area contributed by atoms with Crippen LogP contribution in [0, 0.1) is 0 Å². The second-order valence-corrected chi connectivity index (χ2v) is 8.64. The third-order valence-corrected chi connectivity index (χ3v) is 5.86. The van der Waals surface area contributed by atoms with Gasteiger partial charge in [0.1, 0.15) is 12.3 Å². The lowest BCUT2D eigenvalue weighted by atomic mass is 9.91. The van der Waals surface area contributed by atoms with Gasteiger partial charge in [-0.05, 0) is 35.6 Å². The van der Waals surface area contributed by atoms with E-state index in [2.05, 4.69) is 59.1 Å². The van der Waals surface area contributed by atoms with Crippen LogP contribution >= 0.6 is 35.3 Å². The van der Waals surface area contributed by atoms with Crippen LogP contribution < -0.4 is 15.4 Å². The zero-order chi connectivity index (χ0) is 21.3. The molecule has 0 fully saturated rings. The van der Waals surface area contributed by atoms with Crippen LogP contribution in [0.2, 0.25) is 0 Å². The highest BCUT2D eigenvalue weighted by Gasteiger charge is 2.22. The minimum Gasteiger partial charge on any atom is -0.497 e. The first-order chi connectivity index (χ1) is 13.8. The molecule has 1 aromatic heterocycles. The van der Waals surface area contributed by atoms with Gasteiger partial charge in [0.05, 0.1) is 7.11 Å². The van der Waals surface area contributed by atoms with Crippen LogP contribution in [0.25, 0.3) is 0 Å². The molecule has 0 bridgehead atoms. The van der Waals surface area contributed by atoms with Gasteiger partial charge in [0, 0.05) is 37.5 Å². The summed E-state index contributed by atoms with van der Waals surface area (Å²) in [6, 6.07) is 12.2. The molecular weight excluding hydrogens is 511 g/mol. The lowest BCUT2D eigenvalue weighted by Crippen LogP contribution is -2.44. The molecule has 8 heteroatoms. The molecular formula is C22H33IN4O2S. The van der Waals surface area contributed by atoms with Crippen molar-refractivity contribution < 1.29 is 9.53 Å². The molecule has 2 aromatic rings. The molecule has 1 aromatic carbocycles. The maximum Gasteiger partial charge on any atom is 0.243 e. The van der Waals surface area contributed by atoms with E-state index in [-0.39, 0.29) is 41.8 Å². The number of thiophene rings is 1. The quantitative estimate of drug-likeness (QED) is 0.288. The van der Waals surface area contributed by atoms with Crippen molar-refractivity contribution in [2.24, 2.45) is 4.99 Å². The van der Waals surface area contributed by atoms with Crippen molar-refractivity contribution in [1.82, 2.24) is 15.5 Å². The van der Waals surface area contributed by atoms with Crippen molar-refractivity contribution in [3.05, 3.63) is 52.2 Å². The fourth-order valence-electron chi connectivity index (χ4n) is 2.64. The van der Waals surface area contributed by atoms with Gasteiger partial charge in [-0.15, -0.1) is 35.3 Å². The molecule has 0 aliphatic heterocycles.